The van der Waals surface area contributed by atoms with E-state index in [1.165, 1.54) is 0 Å². The number of rotatable bonds is 6. The highest BCUT2D eigenvalue weighted by atomic mass is 16.5. The zero-order valence-corrected chi connectivity index (χ0v) is 12.9. The van der Waals surface area contributed by atoms with E-state index in [2.05, 4.69) is 5.32 Å². The second-order valence-corrected chi connectivity index (χ2v) is 5.45. The van der Waals surface area contributed by atoms with Gasteiger partial charge in [0.25, 0.3) is 0 Å². The minimum Gasteiger partial charge on any atom is -0.492 e. The van der Waals surface area contributed by atoms with Gasteiger partial charge in [0.2, 0.25) is 11.8 Å². The molecule has 22 heavy (non-hydrogen) atoms. The topological polar surface area (TPSA) is 84.7 Å². The van der Waals surface area contributed by atoms with Crippen molar-refractivity contribution in [2.24, 2.45) is 11.7 Å². The molecule has 1 aliphatic heterocycles. The maximum atomic E-state index is 12.2. The van der Waals surface area contributed by atoms with Crippen molar-refractivity contribution in [2.45, 2.75) is 19.8 Å². The summed E-state index contributed by atoms with van der Waals surface area (Å²) in [5, 5.41) is 2.86. The van der Waals surface area contributed by atoms with Gasteiger partial charge < -0.3 is 15.8 Å². The summed E-state index contributed by atoms with van der Waals surface area (Å²) in [6.07, 6.45) is 1.69. The molecule has 1 aliphatic rings. The van der Waals surface area contributed by atoms with Crippen LogP contribution in [0.4, 0.5) is 5.69 Å². The van der Waals surface area contributed by atoms with Crippen LogP contribution in [0.3, 0.4) is 0 Å². The summed E-state index contributed by atoms with van der Waals surface area (Å²) in [5.41, 5.74) is 6.02. The lowest BCUT2D eigenvalue weighted by atomic mass is 9.97. The molecule has 6 heteroatoms. The number of likely N-dealkylation sites (tertiary alicyclic amines) is 1. The predicted octanol–water partition coefficient (Wildman–Crippen LogP) is 1.22. The van der Waals surface area contributed by atoms with Crippen LogP contribution in [0, 0.1) is 5.92 Å². The quantitative estimate of drug-likeness (QED) is 0.827. The first-order valence-electron chi connectivity index (χ1n) is 7.63. The van der Waals surface area contributed by atoms with Crippen molar-refractivity contribution in [3.8, 4) is 5.75 Å². The Morgan fingerprint density at radius 3 is 2.91 bits per heavy atom. The van der Waals surface area contributed by atoms with Gasteiger partial charge in [0.15, 0.2) is 0 Å². The number of hydrogen-bond donors (Lipinski definition) is 2. The number of hydrogen-bond acceptors (Lipinski definition) is 4. The third kappa shape index (κ3) is 4.46. The highest BCUT2D eigenvalue weighted by molar-refractivity contribution is 5.93. The summed E-state index contributed by atoms with van der Waals surface area (Å²) in [6.45, 7) is 4.06. The summed E-state index contributed by atoms with van der Waals surface area (Å²) < 4.78 is 5.49. The molecule has 0 saturated carbocycles. The van der Waals surface area contributed by atoms with Crippen molar-refractivity contribution < 1.29 is 14.3 Å². The molecule has 1 fully saturated rings. The van der Waals surface area contributed by atoms with Crippen LogP contribution in [-0.4, -0.2) is 43.0 Å². The molecule has 0 aliphatic carbocycles. The van der Waals surface area contributed by atoms with Crippen LogP contribution < -0.4 is 15.8 Å². The number of piperidine rings is 1. The summed E-state index contributed by atoms with van der Waals surface area (Å²) in [6, 6.07) is 7.35. The fraction of sp³-hybridized carbons (Fsp3) is 0.500. The Morgan fingerprint density at radius 2 is 2.18 bits per heavy atom. The van der Waals surface area contributed by atoms with Crippen molar-refractivity contribution in [3.05, 3.63) is 24.3 Å². The summed E-state index contributed by atoms with van der Waals surface area (Å²) in [5.74, 6) is 0.105. The number of primary amides is 1. The number of nitrogens with one attached hydrogen (secondary N) is 1. The van der Waals surface area contributed by atoms with E-state index >= 15 is 0 Å². The molecule has 1 aromatic carbocycles. The summed E-state index contributed by atoms with van der Waals surface area (Å²) >= 11 is 0. The van der Waals surface area contributed by atoms with Crippen molar-refractivity contribution in [3.63, 3.8) is 0 Å². The van der Waals surface area contributed by atoms with Crippen LogP contribution in [0.15, 0.2) is 24.3 Å². The maximum Gasteiger partial charge on any atom is 0.238 e. The Bertz CT molecular complexity index is 533. The first-order chi connectivity index (χ1) is 10.6. The lowest BCUT2D eigenvalue weighted by Gasteiger charge is -2.30. The molecule has 1 heterocycles. The van der Waals surface area contributed by atoms with E-state index in [1.54, 1.807) is 0 Å². The number of ether oxygens (including phenoxy) is 1. The van der Waals surface area contributed by atoms with Crippen LogP contribution in [0.25, 0.3) is 0 Å². The Morgan fingerprint density at radius 1 is 1.41 bits per heavy atom. The monoisotopic (exact) mass is 305 g/mol. The molecule has 1 saturated heterocycles. The number of anilines is 1. The van der Waals surface area contributed by atoms with Crippen LogP contribution >= 0.6 is 0 Å². The highest BCUT2D eigenvalue weighted by Gasteiger charge is 2.25. The van der Waals surface area contributed by atoms with Gasteiger partial charge in [0.1, 0.15) is 5.75 Å². The predicted molar refractivity (Wildman–Crippen MR) is 84.6 cm³/mol. The fourth-order valence-corrected chi connectivity index (χ4v) is 2.68. The van der Waals surface area contributed by atoms with Crippen LogP contribution in [0.5, 0.6) is 5.75 Å². The molecular formula is C16H23N3O3. The number of para-hydroxylation sites is 2. The van der Waals surface area contributed by atoms with Gasteiger partial charge in [0.05, 0.1) is 24.8 Å². The molecular weight excluding hydrogens is 282 g/mol. The summed E-state index contributed by atoms with van der Waals surface area (Å²) in [4.78, 5) is 25.4. The van der Waals surface area contributed by atoms with Crippen molar-refractivity contribution in [2.75, 3.05) is 31.6 Å². The highest BCUT2D eigenvalue weighted by Crippen LogP contribution is 2.23. The minimum absolute atomic E-state index is 0.114. The maximum absolute atomic E-state index is 12.2. The Hall–Kier alpha value is -2.08. The normalized spacial score (nSPS) is 18.7. The fourth-order valence-electron chi connectivity index (χ4n) is 2.68. The largest absolute Gasteiger partial charge is 0.492 e. The average Bonchev–Trinajstić information content (AvgIpc) is 2.49. The van der Waals surface area contributed by atoms with Gasteiger partial charge in [-0.05, 0) is 38.4 Å². The molecule has 3 N–H and O–H groups in total. The molecule has 0 spiro atoms. The molecule has 2 amide bonds. The molecule has 6 nitrogen and oxygen atoms in total. The number of benzene rings is 1. The van der Waals surface area contributed by atoms with Crippen LogP contribution in [-0.2, 0) is 9.59 Å². The van der Waals surface area contributed by atoms with E-state index < -0.39 is 0 Å². The van der Waals surface area contributed by atoms with Crippen molar-refractivity contribution in [1.82, 2.24) is 4.90 Å². The Labute approximate surface area is 130 Å². The summed E-state index contributed by atoms with van der Waals surface area (Å²) in [7, 11) is 0. The van der Waals surface area contributed by atoms with E-state index in [1.807, 2.05) is 36.1 Å². The second kappa shape index (κ2) is 7.79. The van der Waals surface area contributed by atoms with Gasteiger partial charge in [-0.3, -0.25) is 14.5 Å². The zero-order valence-electron chi connectivity index (χ0n) is 12.9. The number of carbonyl (C=O) groups is 2. The minimum atomic E-state index is -0.285. The first-order valence-corrected chi connectivity index (χ1v) is 7.63. The van der Waals surface area contributed by atoms with E-state index in [4.69, 9.17) is 10.5 Å². The molecule has 1 atom stereocenters. The lowest BCUT2D eigenvalue weighted by molar-refractivity contribution is -0.125. The number of nitrogens with zero attached hydrogens (tertiary/aromatic N) is 1. The molecule has 2 rings (SSSR count). The molecule has 0 bridgehead atoms. The molecule has 120 valence electrons. The zero-order chi connectivity index (χ0) is 15.9. The van der Waals surface area contributed by atoms with Crippen molar-refractivity contribution in [1.29, 1.82) is 0 Å². The SMILES string of the molecule is CCOc1ccccc1NC(=O)CN1CCC[C@@H](C(N)=O)C1. The number of nitrogens with two attached hydrogens (primary N) is 1. The average molecular weight is 305 g/mol. The first kappa shape index (κ1) is 16.3. The Balaban J connectivity index is 1.91. The van der Waals surface area contributed by atoms with Gasteiger partial charge in [-0.2, -0.15) is 0 Å². The van der Waals surface area contributed by atoms with Gasteiger partial charge in [-0.15, -0.1) is 0 Å². The van der Waals surface area contributed by atoms with Crippen LogP contribution in [0.1, 0.15) is 19.8 Å². The van der Waals surface area contributed by atoms with E-state index in [-0.39, 0.29) is 24.3 Å². The number of amides is 2. The smallest absolute Gasteiger partial charge is 0.238 e. The van der Waals surface area contributed by atoms with E-state index in [0.29, 0.717) is 24.6 Å². The third-order valence-corrected chi connectivity index (χ3v) is 3.74. The number of carbonyl (C=O) groups excluding carboxylic acids is 2. The molecule has 0 unspecified atom stereocenters. The van der Waals surface area contributed by atoms with Gasteiger partial charge in [-0.1, -0.05) is 12.1 Å². The molecule has 1 aromatic rings. The van der Waals surface area contributed by atoms with E-state index in [9.17, 15) is 9.59 Å². The van der Waals surface area contributed by atoms with E-state index in [0.717, 1.165) is 19.4 Å². The van der Waals surface area contributed by atoms with Gasteiger partial charge in [0, 0.05) is 6.54 Å². The standard InChI is InChI=1S/C16H23N3O3/c1-2-22-14-8-4-3-7-13(14)18-15(20)11-19-9-5-6-12(10-19)16(17)21/h3-4,7-8,12H,2,5-6,9-11H2,1H3,(H2,17,21)(H,18,20)/t12-/m1/s1. The van der Waals surface area contributed by atoms with Gasteiger partial charge in [-0.25, -0.2) is 0 Å². The third-order valence-electron chi connectivity index (χ3n) is 3.74. The molecule has 0 aromatic heterocycles. The Kier molecular flexibility index (Phi) is 5.77. The lowest BCUT2D eigenvalue weighted by Crippen LogP contribution is -2.44. The van der Waals surface area contributed by atoms with Crippen LogP contribution in [0.2, 0.25) is 0 Å². The van der Waals surface area contributed by atoms with Gasteiger partial charge >= 0.3 is 0 Å². The van der Waals surface area contributed by atoms with Crippen molar-refractivity contribution >= 4 is 17.5 Å². The second-order valence-electron chi connectivity index (χ2n) is 5.45. The molecule has 0 radical (unpaired) electrons.